The lowest BCUT2D eigenvalue weighted by Gasteiger charge is -2.30. The second-order valence-electron chi connectivity index (χ2n) is 7.70. The molecule has 144 valence electrons. The molecule has 1 heterocycles. The van der Waals surface area contributed by atoms with Gasteiger partial charge in [-0.05, 0) is 68.8 Å². The van der Waals surface area contributed by atoms with Crippen LogP contribution >= 0.6 is 0 Å². The van der Waals surface area contributed by atoms with Gasteiger partial charge in [0.1, 0.15) is 5.82 Å². The van der Waals surface area contributed by atoms with Gasteiger partial charge in [0.05, 0.1) is 5.60 Å². The van der Waals surface area contributed by atoms with Crippen molar-refractivity contribution in [3.05, 3.63) is 59.9 Å². The van der Waals surface area contributed by atoms with Crippen molar-refractivity contribution in [3.8, 4) is 11.1 Å². The maximum atomic E-state index is 13.4. The van der Waals surface area contributed by atoms with Crippen molar-refractivity contribution in [1.82, 2.24) is 9.80 Å². The summed E-state index contributed by atoms with van der Waals surface area (Å²) in [6, 6.07) is 13.7. The monoisotopic (exact) mass is 370 g/mol. The molecule has 1 saturated heterocycles. The lowest BCUT2D eigenvalue weighted by atomic mass is 9.94. The molecule has 1 atom stereocenters. The van der Waals surface area contributed by atoms with Crippen LogP contribution in [0.2, 0.25) is 0 Å². The number of aliphatic hydroxyl groups is 1. The zero-order valence-electron chi connectivity index (χ0n) is 16.0. The lowest BCUT2D eigenvalue weighted by Crippen LogP contribution is -2.41. The Kier molecular flexibility index (Phi) is 5.92. The van der Waals surface area contributed by atoms with Crippen molar-refractivity contribution in [1.29, 1.82) is 0 Å². The van der Waals surface area contributed by atoms with Crippen LogP contribution in [0.25, 0.3) is 11.1 Å². The molecule has 1 unspecified atom stereocenters. The van der Waals surface area contributed by atoms with E-state index in [2.05, 4.69) is 0 Å². The lowest BCUT2D eigenvalue weighted by molar-refractivity contribution is 0.00305. The Morgan fingerprint density at radius 2 is 1.85 bits per heavy atom. The molecule has 0 saturated carbocycles. The van der Waals surface area contributed by atoms with E-state index in [1.807, 2.05) is 42.1 Å². The number of halogens is 1. The zero-order valence-corrected chi connectivity index (χ0v) is 16.0. The first-order valence-electron chi connectivity index (χ1n) is 9.39. The molecule has 27 heavy (non-hydrogen) atoms. The second kappa shape index (κ2) is 8.19. The van der Waals surface area contributed by atoms with Gasteiger partial charge in [0, 0.05) is 25.2 Å². The summed E-state index contributed by atoms with van der Waals surface area (Å²) in [5, 5.41) is 10.8. The first-order chi connectivity index (χ1) is 12.9. The molecule has 2 aromatic rings. The highest BCUT2D eigenvalue weighted by molar-refractivity contribution is 5.94. The highest BCUT2D eigenvalue weighted by Gasteiger charge is 2.32. The number of carbonyl (C=O) groups is 1. The maximum Gasteiger partial charge on any atom is 0.253 e. The van der Waals surface area contributed by atoms with E-state index in [0.29, 0.717) is 38.0 Å². The van der Waals surface area contributed by atoms with Gasteiger partial charge in [-0.25, -0.2) is 4.39 Å². The van der Waals surface area contributed by atoms with Gasteiger partial charge in [0.25, 0.3) is 5.91 Å². The van der Waals surface area contributed by atoms with E-state index >= 15 is 0 Å². The number of benzene rings is 2. The summed E-state index contributed by atoms with van der Waals surface area (Å²) in [5.41, 5.74) is 1.55. The first kappa shape index (κ1) is 19.5. The number of likely N-dealkylation sites (tertiary alicyclic amines) is 1. The van der Waals surface area contributed by atoms with E-state index in [1.54, 1.807) is 18.2 Å². The molecule has 0 aromatic heterocycles. The molecule has 1 amide bonds. The van der Waals surface area contributed by atoms with E-state index < -0.39 is 5.60 Å². The molecule has 1 aliphatic rings. The number of likely N-dealkylation sites (N-methyl/N-ethyl adjacent to an activating group) is 1. The third kappa shape index (κ3) is 4.93. The van der Waals surface area contributed by atoms with Crippen molar-refractivity contribution in [2.75, 3.05) is 33.7 Å². The standard InChI is InChI=1S/C22H27FN2O2/c1-24(2)16-22(27)11-4-13-25(14-12-22)21(26)18-9-7-17(8-10-18)19-5-3-6-20(23)15-19/h3,5-10,15,27H,4,11-14,16H2,1-2H3. The molecule has 1 N–H and O–H groups in total. The summed E-state index contributed by atoms with van der Waals surface area (Å²) >= 11 is 0. The normalized spacial score (nSPS) is 20.6. The summed E-state index contributed by atoms with van der Waals surface area (Å²) in [6.45, 7) is 1.81. The first-order valence-corrected chi connectivity index (χ1v) is 9.39. The third-order valence-electron chi connectivity index (χ3n) is 5.10. The minimum Gasteiger partial charge on any atom is -0.388 e. The predicted molar refractivity (Wildman–Crippen MR) is 105 cm³/mol. The smallest absolute Gasteiger partial charge is 0.253 e. The van der Waals surface area contributed by atoms with Gasteiger partial charge in [-0.2, -0.15) is 0 Å². The molecule has 5 heteroatoms. The highest BCUT2D eigenvalue weighted by atomic mass is 19.1. The molecule has 2 aromatic carbocycles. The average molecular weight is 370 g/mol. The summed E-state index contributed by atoms with van der Waals surface area (Å²) in [7, 11) is 3.90. The van der Waals surface area contributed by atoms with E-state index in [0.717, 1.165) is 17.5 Å². The number of amides is 1. The second-order valence-corrected chi connectivity index (χ2v) is 7.70. The zero-order chi connectivity index (χ0) is 19.4. The van der Waals surface area contributed by atoms with Crippen LogP contribution in [0.4, 0.5) is 4.39 Å². The Hall–Kier alpha value is -2.24. The summed E-state index contributed by atoms with van der Waals surface area (Å²) < 4.78 is 13.4. The van der Waals surface area contributed by atoms with Gasteiger partial charge in [0.2, 0.25) is 0 Å². The van der Waals surface area contributed by atoms with E-state index in [4.69, 9.17) is 0 Å². The minimum atomic E-state index is -0.736. The third-order valence-corrected chi connectivity index (χ3v) is 5.10. The molecular weight excluding hydrogens is 343 g/mol. The molecule has 4 nitrogen and oxygen atoms in total. The molecular formula is C22H27FN2O2. The van der Waals surface area contributed by atoms with E-state index in [9.17, 15) is 14.3 Å². The van der Waals surface area contributed by atoms with Gasteiger partial charge < -0.3 is 14.9 Å². The molecule has 1 fully saturated rings. The number of rotatable bonds is 4. The summed E-state index contributed by atoms with van der Waals surface area (Å²) in [6.07, 6.45) is 2.07. The van der Waals surface area contributed by atoms with Gasteiger partial charge in [-0.3, -0.25) is 4.79 Å². The van der Waals surface area contributed by atoms with Crippen LogP contribution in [0.3, 0.4) is 0 Å². The Labute approximate surface area is 160 Å². The Morgan fingerprint density at radius 1 is 1.11 bits per heavy atom. The molecule has 0 radical (unpaired) electrons. The fourth-order valence-corrected chi connectivity index (χ4v) is 3.78. The number of hydrogen-bond acceptors (Lipinski definition) is 3. The van der Waals surface area contributed by atoms with Crippen molar-refractivity contribution in [2.24, 2.45) is 0 Å². The highest BCUT2D eigenvalue weighted by Crippen LogP contribution is 2.25. The van der Waals surface area contributed by atoms with Crippen LogP contribution < -0.4 is 0 Å². The largest absolute Gasteiger partial charge is 0.388 e. The van der Waals surface area contributed by atoms with Crippen LogP contribution in [0.5, 0.6) is 0 Å². The average Bonchev–Trinajstić information content (AvgIpc) is 2.82. The van der Waals surface area contributed by atoms with Crippen molar-refractivity contribution >= 4 is 5.91 Å². The Balaban J connectivity index is 1.69. The molecule has 0 bridgehead atoms. The molecule has 0 spiro atoms. The number of hydrogen-bond donors (Lipinski definition) is 1. The van der Waals surface area contributed by atoms with Crippen molar-refractivity contribution in [2.45, 2.75) is 24.9 Å². The maximum absolute atomic E-state index is 13.4. The van der Waals surface area contributed by atoms with Crippen LogP contribution in [0.1, 0.15) is 29.6 Å². The van der Waals surface area contributed by atoms with Gasteiger partial charge in [-0.1, -0.05) is 24.3 Å². The van der Waals surface area contributed by atoms with Crippen LogP contribution in [0.15, 0.2) is 48.5 Å². The Bertz CT molecular complexity index is 791. The molecule has 1 aliphatic heterocycles. The van der Waals surface area contributed by atoms with Crippen LogP contribution in [0, 0.1) is 5.82 Å². The summed E-state index contributed by atoms with van der Waals surface area (Å²) in [4.78, 5) is 16.7. The van der Waals surface area contributed by atoms with Gasteiger partial charge in [-0.15, -0.1) is 0 Å². The van der Waals surface area contributed by atoms with Gasteiger partial charge >= 0.3 is 0 Å². The molecule has 0 aliphatic carbocycles. The fourth-order valence-electron chi connectivity index (χ4n) is 3.78. The van der Waals surface area contributed by atoms with E-state index in [1.165, 1.54) is 12.1 Å². The molecule has 3 rings (SSSR count). The fraction of sp³-hybridized carbons (Fsp3) is 0.409. The number of carbonyl (C=O) groups excluding carboxylic acids is 1. The summed E-state index contributed by atoms with van der Waals surface area (Å²) in [5.74, 6) is -0.294. The van der Waals surface area contributed by atoms with Crippen molar-refractivity contribution in [3.63, 3.8) is 0 Å². The van der Waals surface area contributed by atoms with Crippen molar-refractivity contribution < 1.29 is 14.3 Å². The quantitative estimate of drug-likeness (QED) is 0.897. The number of nitrogens with zero attached hydrogens (tertiary/aromatic N) is 2. The van der Waals surface area contributed by atoms with Gasteiger partial charge in [0.15, 0.2) is 0 Å². The predicted octanol–water partition coefficient (Wildman–Crippen LogP) is 3.41. The topological polar surface area (TPSA) is 43.8 Å². The van der Waals surface area contributed by atoms with Crippen LogP contribution in [-0.2, 0) is 0 Å². The van der Waals surface area contributed by atoms with Crippen LogP contribution in [-0.4, -0.2) is 60.1 Å². The van der Waals surface area contributed by atoms with E-state index in [-0.39, 0.29) is 11.7 Å². The minimum absolute atomic E-state index is 0.0186. The Morgan fingerprint density at radius 3 is 2.52 bits per heavy atom. The SMILES string of the molecule is CN(C)CC1(O)CCCN(C(=O)c2ccc(-c3cccc(F)c3)cc2)CC1.